The van der Waals surface area contributed by atoms with E-state index in [4.69, 9.17) is 0 Å². The van der Waals surface area contributed by atoms with Gasteiger partial charge in [-0.1, -0.05) is 28.1 Å². The minimum absolute atomic E-state index is 0.281. The van der Waals surface area contributed by atoms with E-state index in [9.17, 15) is 14.7 Å². The number of ketones is 1. The second kappa shape index (κ2) is 5.46. The number of benzene rings is 1. The van der Waals surface area contributed by atoms with Crippen LogP contribution in [0.25, 0.3) is 5.76 Å². The molecule has 1 N–H and O–H groups in total. The molecule has 0 fully saturated rings. The number of hydrogen-bond acceptors (Lipinski definition) is 4. The monoisotopic (exact) mass is 284 g/mol. The second-order valence-corrected chi connectivity index (χ2v) is 3.81. The number of ether oxygens (including phenoxy) is 1. The van der Waals surface area contributed by atoms with Gasteiger partial charge in [-0.25, -0.2) is 4.79 Å². The maximum atomic E-state index is 11.1. The highest BCUT2D eigenvalue weighted by atomic mass is 79.9. The predicted molar refractivity (Wildman–Crippen MR) is 61.8 cm³/mol. The smallest absolute Gasteiger partial charge is 0.378 e. The second-order valence-electron chi connectivity index (χ2n) is 2.90. The van der Waals surface area contributed by atoms with Crippen molar-refractivity contribution < 1.29 is 19.4 Å². The zero-order valence-electron chi connectivity index (χ0n) is 8.44. The van der Waals surface area contributed by atoms with E-state index in [0.717, 1.165) is 17.7 Å². The molecule has 0 spiro atoms. The van der Waals surface area contributed by atoms with Crippen LogP contribution in [0.1, 0.15) is 5.56 Å². The Hall–Kier alpha value is -1.62. The molecular formula is C11H9BrO4. The van der Waals surface area contributed by atoms with Gasteiger partial charge in [0.25, 0.3) is 5.78 Å². The maximum Gasteiger partial charge on any atom is 0.378 e. The van der Waals surface area contributed by atoms with Crippen molar-refractivity contribution in [2.45, 2.75) is 0 Å². The quantitative estimate of drug-likeness (QED) is 0.400. The van der Waals surface area contributed by atoms with Gasteiger partial charge in [-0.3, -0.25) is 4.79 Å². The highest BCUT2D eigenvalue weighted by molar-refractivity contribution is 9.10. The Balaban J connectivity index is 2.93. The van der Waals surface area contributed by atoms with Crippen LogP contribution in [-0.4, -0.2) is 24.0 Å². The Labute approximate surface area is 101 Å². The Morgan fingerprint density at radius 1 is 1.44 bits per heavy atom. The third-order valence-electron chi connectivity index (χ3n) is 1.77. The van der Waals surface area contributed by atoms with E-state index in [1.165, 1.54) is 0 Å². The van der Waals surface area contributed by atoms with E-state index in [1.807, 2.05) is 0 Å². The van der Waals surface area contributed by atoms with Gasteiger partial charge in [0, 0.05) is 16.1 Å². The van der Waals surface area contributed by atoms with Gasteiger partial charge in [0.05, 0.1) is 7.11 Å². The summed E-state index contributed by atoms with van der Waals surface area (Å²) in [4.78, 5) is 21.9. The lowest BCUT2D eigenvalue weighted by molar-refractivity contribution is -0.149. The number of methoxy groups -OCH3 is 1. The Morgan fingerprint density at radius 3 is 2.69 bits per heavy atom. The van der Waals surface area contributed by atoms with Crippen LogP contribution in [0.15, 0.2) is 34.8 Å². The molecule has 0 aliphatic carbocycles. The normalized spacial score (nSPS) is 11.0. The molecule has 0 aromatic heterocycles. The molecule has 0 radical (unpaired) electrons. The first-order valence-corrected chi connectivity index (χ1v) is 5.12. The molecule has 0 atom stereocenters. The molecule has 4 nitrogen and oxygen atoms in total. The number of rotatable bonds is 3. The Kier molecular flexibility index (Phi) is 4.25. The fourth-order valence-corrected chi connectivity index (χ4v) is 1.41. The minimum atomic E-state index is -1.01. The molecule has 16 heavy (non-hydrogen) atoms. The van der Waals surface area contributed by atoms with Crippen molar-refractivity contribution in [2.24, 2.45) is 0 Å². The lowest BCUT2D eigenvalue weighted by Gasteiger charge is -2.00. The van der Waals surface area contributed by atoms with Crippen LogP contribution in [-0.2, 0) is 14.3 Å². The number of halogens is 1. The highest BCUT2D eigenvalue weighted by Gasteiger charge is 2.12. The summed E-state index contributed by atoms with van der Waals surface area (Å²) >= 11 is 3.22. The van der Waals surface area contributed by atoms with E-state index in [0.29, 0.717) is 5.56 Å². The Bertz CT molecular complexity index is 451. The fourth-order valence-electron chi connectivity index (χ4n) is 1.01. The SMILES string of the molecule is COC(=O)C(=O)C=C(O)c1cccc(Br)c1. The molecule has 0 amide bonds. The highest BCUT2D eigenvalue weighted by Crippen LogP contribution is 2.17. The first kappa shape index (κ1) is 12.4. The largest absolute Gasteiger partial charge is 0.507 e. The summed E-state index contributed by atoms with van der Waals surface area (Å²) in [5, 5.41) is 9.57. The molecule has 1 aromatic rings. The van der Waals surface area contributed by atoms with Crippen LogP contribution in [0, 0.1) is 0 Å². The zero-order valence-corrected chi connectivity index (χ0v) is 10.0. The molecule has 1 rings (SSSR count). The standard InChI is InChI=1S/C11H9BrO4/c1-16-11(15)10(14)6-9(13)7-3-2-4-8(12)5-7/h2-6,13H,1H3. The van der Waals surface area contributed by atoms with Gasteiger partial charge in [0.1, 0.15) is 5.76 Å². The fraction of sp³-hybridized carbons (Fsp3) is 0.0909. The summed E-state index contributed by atoms with van der Waals surface area (Å²) in [6, 6.07) is 6.71. The van der Waals surface area contributed by atoms with Crippen molar-refractivity contribution >= 4 is 33.4 Å². The first-order chi connectivity index (χ1) is 7.54. The van der Waals surface area contributed by atoms with E-state index in [2.05, 4.69) is 20.7 Å². The Morgan fingerprint density at radius 2 is 2.12 bits per heavy atom. The summed E-state index contributed by atoms with van der Waals surface area (Å²) < 4.78 is 4.98. The molecule has 0 unspecified atom stereocenters. The van der Waals surface area contributed by atoms with Crippen LogP contribution >= 0.6 is 15.9 Å². The molecule has 0 saturated carbocycles. The third kappa shape index (κ3) is 3.20. The van der Waals surface area contributed by atoms with Crippen molar-refractivity contribution in [3.63, 3.8) is 0 Å². The minimum Gasteiger partial charge on any atom is -0.507 e. The predicted octanol–water partition coefficient (Wildman–Crippen LogP) is 2.09. The summed E-state index contributed by atoms with van der Waals surface area (Å²) in [6.07, 6.45) is 0.827. The summed E-state index contributed by atoms with van der Waals surface area (Å²) in [6.45, 7) is 0. The summed E-state index contributed by atoms with van der Waals surface area (Å²) in [5.74, 6) is -2.20. The van der Waals surface area contributed by atoms with Gasteiger partial charge in [-0.05, 0) is 12.1 Å². The molecule has 5 heteroatoms. The average Bonchev–Trinajstić information content (AvgIpc) is 2.27. The van der Waals surface area contributed by atoms with Gasteiger partial charge >= 0.3 is 5.97 Å². The lowest BCUT2D eigenvalue weighted by Crippen LogP contribution is -2.13. The third-order valence-corrected chi connectivity index (χ3v) is 2.27. The van der Waals surface area contributed by atoms with Crippen molar-refractivity contribution in [1.82, 2.24) is 0 Å². The molecule has 0 saturated heterocycles. The molecular weight excluding hydrogens is 276 g/mol. The van der Waals surface area contributed by atoms with Crippen molar-refractivity contribution in [1.29, 1.82) is 0 Å². The average molecular weight is 285 g/mol. The van der Waals surface area contributed by atoms with Crippen LogP contribution < -0.4 is 0 Å². The van der Waals surface area contributed by atoms with Gasteiger partial charge in [0.2, 0.25) is 0 Å². The molecule has 1 aromatic carbocycles. The van der Waals surface area contributed by atoms with Gasteiger partial charge in [-0.15, -0.1) is 0 Å². The van der Waals surface area contributed by atoms with E-state index in [-0.39, 0.29) is 5.76 Å². The summed E-state index contributed by atoms with van der Waals surface area (Å²) in [7, 11) is 1.10. The molecule has 0 bridgehead atoms. The zero-order chi connectivity index (χ0) is 12.1. The number of hydrogen-bond donors (Lipinski definition) is 1. The van der Waals surface area contributed by atoms with Crippen LogP contribution in [0.2, 0.25) is 0 Å². The van der Waals surface area contributed by atoms with Gasteiger partial charge < -0.3 is 9.84 Å². The number of aliphatic hydroxyl groups is 1. The molecule has 0 aliphatic rings. The molecule has 0 aliphatic heterocycles. The number of carbonyl (C=O) groups is 2. The molecule has 0 heterocycles. The number of aliphatic hydroxyl groups excluding tert-OH is 1. The lowest BCUT2D eigenvalue weighted by atomic mass is 10.1. The van der Waals surface area contributed by atoms with Crippen molar-refractivity contribution in [2.75, 3.05) is 7.11 Å². The molecule has 84 valence electrons. The van der Waals surface area contributed by atoms with Crippen molar-refractivity contribution in [3.05, 3.63) is 40.4 Å². The van der Waals surface area contributed by atoms with E-state index in [1.54, 1.807) is 24.3 Å². The van der Waals surface area contributed by atoms with Crippen LogP contribution in [0.5, 0.6) is 0 Å². The van der Waals surface area contributed by atoms with Crippen molar-refractivity contribution in [3.8, 4) is 0 Å². The van der Waals surface area contributed by atoms with E-state index < -0.39 is 11.8 Å². The van der Waals surface area contributed by atoms with Crippen LogP contribution in [0.4, 0.5) is 0 Å². The van der Waals surface area contributed by atoms with Gasteiger partial charge in [-0.2, -0.15) is 0 Å². The topological polar surface area (TPSA) is 63.6 Å². The van der Waals surface area contributed by atoms with Gasteiger partial charge in [0.15, 0.2) is 0 Å². The first-order valence-electron chi connectivity index (χ1n) is 4.33. The maximum absolute atomic E-state index is 11.1. The van der Waals surface area contributed by atoms with E-state index >= 15 is 0 Å². The number of esters is 1. The van der Waals surface area contributed by atoms with Crippen LogP contribution in [0.3, 0.4) is 0 Å². The summed E-state index contributed by atoms with van der Waals surface area (Å²) in [5.41, 5.74) is 0.437. The number of carbonyl (C=O) groups excluding carboxylic acids is 2.